The van der Waals surface area contributed by atoms with Crippen LogP contribution in [0.2, 0.25) is 0 Å². The molecule has 1 aliphatic heterocycles. The fourth-order valence-electron chi connectivity index (χ4n) is 5.72. The Labute approximate surface area is 271 Å². The minimum Gasteiger partial charge on any atom is -0.322 e. The number of aryl methyl sites for hydroxylation is 1. The fraction of sp³-hybridized carbons (Fsp3) is 0.128. The Hall–Kier alpha value is -5.76. The quantitative estimate of drug-likeness (QED) is 0.185. The molecule has 8 heteroatoms. The molecule has 234 valence electrons. The first-order valence-electron chi connectivity index (χ1n) is 15.2. The standard InChI is InChI=1S/C39H31F2N3O3/c1-26-9-8-10-28(23-26)32-12-2-3-13-33(32)37(46)43-29-18-16-27(17-19-29)38(47)44-22-20-39(40,41)35(34-14-4-5-15-36(34)44)25-31(45)24-30-11-6-7-21-42-30/h2-19,21,23,25H,20,22,24H2,1H3,(H,43,46). The molecular formula is C39H31F2N3O3. The van der Waals surface area contributed by atoms with Crippen LogP contribution in [0.15, 0.2) is 128 Å². The van der Waals surface area contributed by atoms with E-state index in [9.17, 15) is 14.4 Å². The molecule has 5 aromatic rings. The molecule has 2 amide bonds. The molecule has 0 bridgehead atoms. The Morgan fingerprint density at radius 1 is 0.851 bits per heavy atom. The van der Waals surface area contributed by atoms with E-state index >= 15 is 8.78 Å². The van der Waals surface area contributed by atoms with Gasteiger partial charge in [-0.2, -0.15) is 0 Å². The van der Waals surface area contributed by atoms with Crippen LogP contribution in [0.1, 0.15) is 44.0 Å². The number of ketones is 1. The number of allylic oxidation sites excluding steroid dienone is 2. The van der Waals surface area contributed by atoms with Crippen molar-refractivity contribution in [1.82, 2.24) is 4.98 Å². The highest BCUT2D eigenvalue weighted by atomic mass is 19.3. The van der Waals surface area contributed by atoms with Gasteiger partial charge in [-0.1, -0.05) is 72.3 Å². The van der Waals surface area contributed by atoms with Crippen LogP contribution in [0.4, 0.5) is 20.2 Å². The number of carbonyl (C=O) groups is 3. The third-order valence-corrected chi connectivity index (χ3v) is 8.05. The predicted octanol–water partition coefficient (Wildman–Crippen LogP) is 8.19. The van der Waals surface area contributed by atoms with E-state index in [4.69, 9.17) is 0 Å². The Bertz CT molecular complexity index is 1990. The molecular weight excluding hydrogens is 596 g/mol. The van der Waals surface area contributed by atoms with Gasteiger partial charge in [-0.3, -0.25) is 19.4 Å². The van der Waals surface area contributed by atoms with Crippen molar-refractivity contribution in [3.63, 3.8) is 0 Å². The topological polar surface area (TPSA) is 79.4 Å². The second-order valence-electron chi connectivity index (χ2n) is 11.4. The third-order valence-electron chi connectivity index (χ3n) is 8.05. The molecule has 2 heterocycles. The molecule has 0 saturated carbocycles. The van der Waals surface area contributed by atoms with Gasteiger partial charge in [-0.15, -0.1) is 0 Å². The molecule has 0 atom stereocenters. The van der Waals surface area contributed by atoms with Crippen molar-refractivity contribution in [1.29, 1.82) is 0 Å². The molecule has 1 aliphatic rings. The van der Waals surface area contributed by atoms with Gasteiger partial charge in [-0.05, 0) is 72.7 Å². The number of benzene rings is 4. The van der Waals surface area contributed by atoms with Crippen molar-refractivity contribution in [2.24, 2.45) is 0 Å². The molecule has 0 fully saturated rings. The monoisotopic (exact) mass is 627 g/mol. The Morgan fingerprint density at radius 3 is 2.32 bits per heavy atom. The van der Waals surface area contributed by atoms with Crippen molar-refractivity contribution in [2.75, 3.05) is 16.8 Å². The smallest absolute Gasteiger partial charge is 0.275 e. The van der Waals surface area contributed by atoms with Gasteiger partial charge >= 0.3 is 0 Å². The molecule has 0 spiro atoms. The summed E-state index contributed by atoms with van der Waals surface area (Å²) in [5, 5.41) is 2.90. The number of anilines is 2. The number of alkyl halides is 2. The highest BCUT2D eigenvalue weighted by Crippen LogP contribution is 2.43. The highest BCUT2D eigenvalue weighted by Gasteiger charge is 2.41. The molecule has 1 N–H and O–H groups in total. The average Bonchev–Trinajstić information content (AvgIpc) is 3.18. The number of halogens is 2. The molecule has 1 aromatic heterocycles. The Morgan fingerprint density at radius 2 is 1.57 bits per heavy atom. The van der Waals surface area contributed by atoms with Gasteiger partial charge in [0.25, 0.3) is 17.7 Å². The van der Waals surface area contributed by atoms with Crippen LogP contribution in [0.3, 0.4) is 0 Å². The lowest BCUT2D eigenvalue weighted by molar-refractivity contribution is -0.114. The number of aromatic nitrogens is 1. The lowest BCUT2D eigenvalue weighted by Gasteiger charge is -2.23. The number of hydrogen-bond acceptors (Lipinski definition) is 4. The van der Waals surface area contributed by atoms with E-state index in [0.29, 0.717) is 16.9 Å². The molecule has 0 aliphatic carbocycles. The first-order valence-corrected chi connectivity index (χ1v) is 15.2. The lowest BCUT2D eigenvalue weighted by atomic mass is 9.95. The second kappa shape index (κ2) is 13.3. The van der Waals surface area contributed by atoms with Gasteiger partial charge in [0.15, 0.2) is 5.78 Å². The summed E-state index contributed by atoms with van der Waals surface area (Å²) >= 11 is 0. The fourth-order valence-corrected chi connectivity index (χ4v) is 5.72. The van der Waals surface area contributed by atoms with Crippen molar-refractivity contribution in [2.45, 2.75) is 25.7 Å². The summed E-state index contributed by atoms with van der Waals surface area (Å²) in [7, 11) is 0. The molecule has 0 radical (unpaired) electrons. The molecule has 47 heavy (non-hydrogen) atoms. The summed E-state index contributed by atoms with van der Waals surface area (Å²) in [6.45, 7) is 1.73. The van der Waals surface area contributed by atoms with Gasteiger partial charge in [0.2, 0.25) is 0 Å². The van der Waals surface area contributed by atoms with E-state index in [0.717, 1.165) is 22.8 Å². The maximum absolute atomic E-state index is 15.6. The van der Waals surface area contributed by atoms with Crippen LogP contribution in [0, 0.1) is 6.92 Å². The van der Waals surface area contributed by atoms with Crippen molar-refractivity contribution < 1.29 is 23.2 Å². The summed E-state index contributed by atoms with van der Waals surface area (Å²) in [6.07, 6.45) is 1.74. The summed E-state index contributed by atoms with van der Waals surface area (Å²) in [5.41, 5.74) is 4.51. The number of nitrogens with zero attached hydrogens (tertiary/aromatic N) is 2. The van der Waals surface area contributed by atoms with E-state index in [2.05, 4.69) is 10.3 Å². The number of pyridine rings is 1. The molecule has 6 nitrogen and oxygen atoms in total. The minimum atomic E-state index is -3.35. The number of carbonyl (C=O) groups excluding carboxylic acids is 3. The van der Waals surface area contributed by atoms with E-state index in [-0.39, 0.29) is 35.7 Å². The van der Waals surface area contributed by atoms with Crippen LogP contribution in [0.5, 0.6) is 0 Å². The molecule has 6 rings (SSSR count). The van der Waals surface area contributed by atoms with Crippen LogP contribution in [0.25, 0.3) is 16.7 Å². The number of nitrogens with one attached hydrogen (secondary N) is 1. The molecule has 0 saturated heterocycles. The number of amides is 2. The summed E-state index contributed by atoms with van der Waals surface area (Å²) in [5.74, 6) is -4.64. The van der Waals surface area contributed by atoms with Crippen LogP contribution in [-0.2, 0) is 11.2 Å². The van der Waals surface area contributed by atoms with Gasteiger partial charge < -0.3 is 10.2 Å². The van der Waals surface area contributed by atoms with E-state index in [1.807, 2.05) is 43.3 Å². The van der Waals surface area contributed by atoms with E-state index < -0.39 is 29.6 Å². The third kappa shape index (κ3) is 6.92. The van der Waals surface area contributed by atoms with Gasteiger partial charge in [0.05, 0.1) is 12.1 Å². The number of fused-ring (bicyclic) bond motifs is 1. The number of rotatable bonds is 7. The zero-order valence-corrected chi connectivity index (χ0v) is 25.6. The minimum absolute atomic E-state index is 0.119. The largest absolute Gasteiger partial charge is 0.322 e. The maximum atomic E-state index is 15.6. The van der Waals surface area contributed by atoms with Crippen LogP contribution in [-0.4, -0.2) is 35.0 Å². The Kier molecular flexibility index (Phi) is 8.84. The Balaban J connectivity index is 1.23. The summed E-state index contributed by atoms with van der Waals surface area (Å²) in [4.78, 5) is 45.4. The zero-order valence-electron chi connectivity index (χ0n) is 25.6. The van der Waals surface area contributed by atoms with Crippen molar-refractivity contribution in [3.05, 3.63) is 155 Å². The first kappa shape index (κ1) is 31.2. The van der Waals surface area contributed by atoms with Crippen LogP contribution >= 0.6 is 0 Å². The zero-order chi connectivity index (χ0) is 33.0. The van der Waals surface area contributed by atoms with Crippen molar-refractivity contribution in [3.8, 4) is 11.1 Å². The molecule has 4 aromatic carbocycles. The summed E-state index contributed by atoms with van der Waals surface area (Å²) < 4.78 is 31.2. The maximum Gasteiger partial charge on any atom is 0.275 e. The van der Waals surface area contributed by atoms with Gasteiger partial charge in [0.1, 0.15) is 0 Å². The summed E-state index contributed by atoms with van der Waals surface area (Å²) in [6, 6.07) is 33.1. The SMILES string of the molecule is Cc1cccc(-c2ccccc2C(=O)Nc2ccc(C(=O)N3CCC(F)(F)C(=CC(=O)Cc4ccccn4)c4ccccc43)cc2)c1. The lowest BCUT2D eigenvalue weighted by Crippen LogP contribution is -2.33. The normalized spacial score (nSPS) is 14.6. The van der Waals surface area contributed by atoms with Gasteiger partial charge in [0, 0.05) is 52.8 Å². The van der Waals surface area contributed by atoms with Crippen LogP contribution < -0.4 is 10.2 Å². The number of hydrogen-bond donors (Lipinski definition) is 1. The average molecular weight is 628 g/mol. The predicted molar refractivity (Wildman–Crippen MR) is 180 cm³/mol. The molecule has 0 unspecified atom stereocenters. The highest BCUT2D eigenvalue weighted by molar-refractivity contribution is 6.11. The first-order chi connectivity index (χ1) is 22.7. The second-order valence-corrected chi connectivity index (χ2v) is 11.4. The van der Waals surface area contributed by atoms with Gasteiger partial charge in [-0.25, -0.2) is 8.78 Å². The van der Waals surface area contributed by atoms with Crippen molar-refractivity contribution >= 4 is 34.5 Å². The van der Waals surface area contributed by atoms with E-state index in [1.165, 1.54) is 11.0 Å². The number of para-hydroxylation sites is 1. The van der Waals surface area contributed by atoms with E-state index in [1.54, 1.807) is 79.0 Å².